The number of anilines is 1. The minimum absolute atomic E-state index is 0.311. The molecule has 4 nitrogen and oxygen atoms in total. The Balaban J connectivity index is 1.71. The maximum Gasteiger partial charge on any atom is 0.344 e. The standard InChI is InChI=1S/C22H17NO3/c1-14-5-4-6-15(11-14)23-12-19-20(25-13-23)10-9-17-16-7-2-3-8-18(16)22(24)26-21(17)19/h2-11H,12-13H2,1H3. The molecule has 0 amide bonds. The molecule has 1 aromatic heterocycles. The molecule has 1 aliphatic heterocycles. The SMILES string of the molecule is Cc1cccc(N2COc3ccc4c(oc(=O)c5ccccc54)c3C2)c1. The zero-order chi connectivity index (χ0) is 17.7. The molecule has 0 unspecified atom stereocenters. The summed E-state index contributed by atoms with van der Waals surface area (Å²) in [5, 5.41) is 2.45. The first-order valence-corrected chi connectivity index (χ1v) is 8.62. The first-order chi connectivity index (χ1) is 12.7. The molecule has 0 aliphatic carbocycles. The quantitative estimate of drug-likeness (QED) is 0.374. The van der Waals surface area contributed by atoms with Crippen LogP contribution in [0.2, 0.25) is 0 Å². The molecule has 0 bridgehead atoms. The van der Waals surface area contributed by atoms with Crippen molar-refractivity contribution in [3.05, 3.63) is 82.2 Å². The molecule has 0 N–H and O–H groups in total. The summed E-state index contributed by atoms with van der Waals surface area (Å²) in [7, 11) is 0. The van der Waals surface area contributed by atoms with Gasteiger partial charge in [-0.1, -0.05) is 30.3 Å². The number of rotatable bonds is 1. The molecule has 4 aromatic rings. The zero-order valence-electron chi connectivity index (χ0n) is 14.4. The van der Waals surface area contributed by atoms with E-state index in [0.29, 0.717) is 24.2 Å². The number of fused-ring (bicyclic) bond motifs is 5. The predicted octanol–water partition coefficient (Wildman–Crippen LogP) is 4.61. The third kappa shape index (κ3) is 2.26. The Morgan fingerprint density at radius 1 is 0.923 bits per heavy atom. The van der Waals surface area contributed by atoms with Crippen molar-refractivity contribution < 1.29 is 9.15 Å². The summed E-state index contributed by atoms with van der Waals surface area (Å²) >= 11 is 0. The molecule has 0 radical (unpaired) electrons. The van der Waals surface area contributed by atoms with Gasteiger partial charge in [-0.15, -0.1) is 0 Å². The van der Waals surface area contributed by atoms with Gasteiger partial charge in [0.2, 0.25) is 0 Å². The van der Waals surface area contributed by atoms with Crippen LogP contribution in [0.15, 0.2) is 69.9 Å². The number of benzene rings is 3. The largest absolute Gasteiger partial charge is 0.473 e. The molecule has 26 heavy (non-hydrogen) atoms. The minimum Gasteiger partial charge on any atom is -0.473 e. The van der Waals surface area contributed by atoms with Crippen LogP contribution in [0.3, 0.4) is 0 Å². The Labute approximate surface area is 150 Å². The van der Waals surface area contributed by atoms with Gasteiger partial charge in [0.25, 0.3) is 0 Å². The monoisotopic (exact) mass is 343 g/mol. The summed E-state index contributed by atoms with van der Waals surface area (Å²) in [5.74, 6) is 0.778. The van der Waals surface area contributed by atoms with Gasteiger partial charge in [-0.05, 0) is 48.2 Å². The Hall–Kier alpha value is -3.27. The van der Waals surface area contributed by atoms with Crippen LogP contribution in [0.1, 0.15) is 11.1 Å². The molecule has 4 heteroatoms. The highest BCUT2D eigenvalue weighted by Crippen LogP contribution is 2.35. The van der Waals surface area contributed by atoms with Gasteiger partial charge in [0.15, 0.2) is 6.73 Å². The Kier molecular flexibility index (Phi) is 3.25. The van der Waals surface area contributed by atoms with Crippen LogP contribution in [-0.2, 0) is 6.54 Å². The molecular weight excluding hydrogens is 326 g/mol. The van der Waals surface area contributed by atoms with Crippen molar-refractivity contribution in [2.45, 2.75) is 13.5 Å². The third-order valence-corrected chi connectivity index (χ3v) is 4.94. The van der Waals surface area contributed by atoms with Gasteiger partial charge in [-0.2, -0.15) is 0 Å². The minimum atomic E-state index is -0.311. The molecule has 0 fully saturated rings. The molecular formula is C22H17NO3. The first-order valence-electron chi connectivity index (χ1n) is 8.62. The summed E-state index contributed by atoms with van der Waals surface area (Å²) in [6, 6.07) is 19.8. The van der Waals surface area contributed by atoms with Crippen LogP contribution >= 0.6 is 0 Å². The fraction of sp³-hybridized carbons (Fsp3) is 0.136. The maximum atomic E-state index is 12.5. The van der Waals surface area contributed by atoms with Crippen molar-refractivity contribution in [2.75, 3.05) is 11.6 Å². The van der Waals surface area contributed by atoms with Gasteiger partial charge in [0.1, 0.15) is 11.3 Å². The number of aryl methyl sites for hydroxylation is 1. The van der Waals surface area contributed by atoms with E-state index >= 15 is 0 Å². The summed E-state index contributed by atoms with van der Waals surface area (Å²) < 4.78 is 11.7. The fourth-order valence-electron chi connectivity index (χ4n) is 3.64. The number of nitrogens with zero attached hydrogens (tertiary/aromatic N) is 1. The second-order valence-corrected chi connectivity index (χ2v) is 6.66. The average molecular weight is 343 g/mol. The van der Waals surface area contributed by atoms with Crippen molar-refractivity contribution in [1.29, 1.82) is 0 Å². The summed E-state index contributed by atoms with van der Waals surface area (Å²) in [6.07, 6.45) is 0. The van der Waals surface area contributed by atoms with E-state index in [-0.39, 0.29) is 5.63 Å². The Morgan fingerprint density at radius 3 is 2.62 bits per heavy atom. The molecule has 0 saturated carbocycles. The molecule has 0 spiro atoms. The normalized spacial score (nSPS) is 13.7. The molecule has 128 valence electrons. The van der Waals surface area contributed by atoms with E-state index in [9.17, 15) is 4.79 Å². The zero-order valence-corrected chi connectivity index (χ0v) is 14.4. The van der Waals surface area contributed by atoms with Crippen molar-refractivity contribution in [1.82, 2.24) is 0 Å². The molecule has 1 aliphatic rings. The molecule has 2 heterocycles. The summed E-state index contributed by atoms with van der Waals surface area (Å²) in [4.78, 5) is 14.6. The van der Waals surface area contributed by atoms with Crippen LogP contribution < -0.4 is 15.3 Å². The van der Waals surface area contributed by atoms with Crippen molar-refractivity contribution >= 4 is 27.4 Å². The van der Waals surface area contributed by atoms with Gasteiger partial charge in [-0.3, -0.25) is 0 Å². The van der Waals surface area contributed by atoms with Gasteiger partial charge in [0.05, 0.1) is 17.5 Å². The summed E-state index contributed by atoms with van der Waals surface area (Å²) in [6.45, 7) is 3.18. The smallest absolute Gasteiger partial charge is 0.344 e. The lowest BCUT2D eigenvalue weighted by Crippen LogP contribution is -2.32. The third-order valence-electron chi connectivity index (χ3n) is 4.94. The molecule has 0 saturated heterocycles. The molecule has 0 atom stereocenters. The van der Waals surface area contributed by atoms with Crippen LogP contribution in [0.25, 0.3) is 21.7 Å². The second kappa shape index (κ2) is 5.63. The van der Waals surface area contributed by atoms with Crippen LogP contribution in [-0.4, -0.2) is 6.73 Å². The van der Waals surface area contributed by atoms with Gasteiger partial charge < -0.3 is 14.1 Å². The Bertz CT molecular complexity index is 1210. The van der Waals surface area contributed by atoms with E-state index in [1.54, 1.807) is 6.07 Å². The van der Waals surface area contributed by atoms with E-state index < -0.39 is 0 Å². The van der Waals surface area contributed by atoms with E-state index in [4.69, 9.17) is 9.15 Å². The van der Waals surface area contributed by atoms with E-state index in [1.807, 2.05) is 36.4 Å². The Morgan fingerprint density at radius 2 is 1.77 bits per heavy atom. The van der Waals surface area contributed by atoms with Crippen LogP contribution in [0.5, 0.6) is 5.75 Å². The lowest BCUT2D eigenvalue weighted by molar-refractivity contribution is 0.289. The van der Waals surface area contributed by atoms with Crippen LogP contribution in [0.4, 0.5) is 5.69 Å². The van der Waals surface area contributed by atoms with E-state index in [0.717, 1.165) is 27.8 Å². The number of hydrogen-bond donors (Lipinski definition) is 0. The average Bonchev–Trinajstić information content (AvgIpc) is 2.68. The highest BCUT2D eigenvalue weighted by atomic mass is 16.5. The van der Waals surface area contributed by atoms with Crippen molar-refractivity contribution in [3.63, 3.8) is 0 Å². The molecule has 3 aromatic carbocycles. The summed E-state index contributed by atoms with van der Waals surface area (Å²) in [5.41, 5.74) is 3.51. The highest BCUT2D eigenvalue weighted by Gasteiger charge is 2.22. The van der Waals surface area contributed by atoms with Crippen molar-refractivity contribution in [3.8, 4) is 5.75 Å². The van der Waals surface area contributed by atoms with Gasteiger partial charge in [0, 0.05) is 11.1 Å². The van der Waals surface area contributed by atoms with Crippen LogP contribution in [0, 0.1) is 6.92 Å². The van der Waals surface area contributed by atoms with Crippen molar-refractivity contribution in [2.24, 2.45) is 0 Å². The number of ether oxygens (including phenoxy) is 1. The lowest BCUT2D eigenvalue weighted by atomic mass is 10.0. The number of hydrogen-bond acceptors (Lipinski definition) is 4. The molecule has 5 rings (SSSR count). The maximum absolute atomic E-state index is 12.5. The first kappa shape index (κ1) is 15.0. The fourth-order valence-corrected chi connectivity index (χ4v) is 3.64. The van der Waals surface area contributed by atoms with Gasteiger partial charge in [-0.25, -0.2) is 4.79 Å². The van der Waals surface area contributed by atoms with Gasteiger partial charge >= 0.3 is 5.63 Å². The highest BCUT2D eigenvalue weighted by molar-refractivity contribution is 6.05. The lowest BCUT2D eigenvalue weighted by Gasteiger charge is -2.31. The topological polar surface area (TPSA) is 42.7 Å². The van der Waals surface area contributed by atoms with E-state index in [1.165, 1.54) is 5.56 Å². The second-order valence-electron chi connectivity index (χ2n) is 6.66. The van der Waals surface area contributed by atoms with E-state index in [2.05, 4.69) is 30.0 Å². The predicted molar refractivity (Wildman–Crippen MR) is 103 cm³/mol.